The van der Waals surface area contributed by atoms with Gasteiger partial charge in [-0.2, -0.15) is 0 Å². The van der Waals surface area contributed by atoms with Crippen LogP contribution < -0.4 is 5.32 Å². The predicted octanol–water partition coefficient (Wildman–Crippen LogP) is 3.84. The molecule has 2 aliphatic rings. The molecule has 8 nitrogen and oxygen atoms in total. The summed E-state index contributed by atoms with van der Waals surface area (Å²) in [5.74, 6) is -1.42. The van der Waals surface area contributed by atoms with E-state index in [9.17, 15) is 18.8 Å². The summed E-state index contributed by atoms with van der Waals surface area (Å²) in [6.45, 7) is 5.45. The van der Waals surface area contributed by atoms with E-state index < -0.39 is 17.8 Å². The van der Waals surface area contributed by atoms with Crippen molar-refractivity contribution < 1.29 is 23.5 Å². The van der Waals surface area contributed by atoms with E-state index in [0.717, 1.165) is 0 Å². The third-order valence-electron chi connectivity index (χ3n) is 6.70. The second-order valence-corrected chi connectivity index (χ2v) is 9.58. The van der Waals surface area contributed by atoms with Crippen LogP contribution in [0.1, 0.15) is 35.8 Å². The number of rotatable bonds is 6. The molecule has 10 heteroatoms. The van der Waals surface area contributed by atoms with Crippen LogP contribution in [0.5, 0.6) is 0 Å². The van der Waals surface area contributed by atoms with E-state index in [1.165, 1.54) is 17.0 Å². The van der Waals surface area contributed by atoms with Gasteiger partial charge in [0.2, 0.25) is 0 Å². The number of ether oxygens (including phenoxy) is 1. The molecule has 37 heavy (non-hydrogen) atoms. The first-order valence-corrected chi connectivity index (χ1v) is 12.6. The van der Waals surface area contributed by atoms with E-state index in [0.29, 0.717) is 48.0 Å². The van der Waals surface area contributed by atoms with Gasteiger partial charge in [0.05, 0.1) is 23.8 Å². The first-order valence-electron chi connectivity index (χ1n) is 12.2. The highest BCUT2D eigenvalue weighted by molar-refractivity contribution is 6.30. The Hall–Kier alpha value is -3.43. The molecule has 1 fully saturated rings. The van der Waals surface area contributed by atoms with Crippen LogP contribution in [0.15, 0.2) is 59.8 Å². The minimum Gasteiger partial charge on any atom is -0.463 e. The van der Waals surface area contributed by atoms with Gasteiger partial charge in [0.1, 0.15) is 5.82 Å². The van der Waals surface area contributed by atoms with Crippen LogP contribution in [-0.2, 0) is 9.53 Å². The molecule has 1 saturated heterocycles. The molecule has 0 unspecified atom stereocenters. The normalized spacial score (nSPS) is 20.6. The number of carbonyl (C=O) groups excluding carboxylic acids is 3. The molecule has 0 aliphatic carbocycles. The summed E-state index contributed by atoms with van der Waals surface area (Å²) in [5.41, 5.74) is 1.57. The van der Waals surface area contributed by atoms with Crippen molar-refractivity contribution in [3.05, 3.63) is 81.8 Å². The van der Waals surface area contributed by atoms with Crippen molar-refractivity contribution in [2.45, 2.75) is 25.9 Å². The maximum atomic E-state index is 14.2. The molecule has 196 valence electrons. The van der Waals surface area contributed by atoms with Gasteiger partial charge in [-0.15, -0.1) is 0 Å². The van der Waals surface area contributed by atoms with E-state index in [2.05, 4.69) is 10.2 Å². The number of urea groups is 1. The van der Waals surface area contributed by atoms with Gasteiger partial charge in [-0.25, -0.2) is 14.0 Å². The second-order valence-electron chi connectivity index (χ2n) is 9.14. The number of piperazine rings is 1. The Balaban J connectivity index is 1.61. The van der Waals surface area contributed by atoms with Crippen LogP contribution in [0.2, 0.25) is 5.02 Å². The third kappa shape index (κ3) is 5.62. The Bertz CT molecular complexity index is 1240. The van der Waals surface area contributed by atoms with E-state index in [1.54, 1.807) is 55.3 Å². The Kier molecular flexibility index (Phi) is 8.14. The van der Waals surface area contributed by atoms with Crippen molar-refractivity contribution in [2.24, 2.45) is 0 Å². The van der Waals surface area contributed by atoms with Crippen molar-refractivity contribution in [3.8, 4) is 0 Å². The molecule has 2 heterocycles. The van der Waals surface area contributed by atoms with Crippen LogP contribution in [-0.4, -0.2) is 78.5 Å². The average Bonchev–Trinajstić information content (AvgIpc) is 2.86. The molecular formula is C27H30ClFN4O4. The molecule has 3 amide bonds. The van der Waals surface area contributed by atoms with Crippen LogP contribution in [0.3, 0.4) is 0 Å². The number of likely N-dealkylation sites (N-methyl/N-ethyl adjacent to an activating group) is 1. The quantitative estimate of drug-likeness (QED) is 0.576. The van der Waals surface area contributed by atoms with Gasteiger partial charge < -0.3 is 15.0 Å². The number of esters is 1. The van der Waals surface area contributed by atoms with Gasteiger partial charge in [0, 0.05) is 50.0 Å². The van der Waals surface area contributed by atoms with Crippen molar-refractivity contribution >= 4 is 29.5 Å². The summed E-state index contributed by atoms with van der Waals surface area (Å²) in [5, 5.41) is 3.37. The monoisotopic (exact) mass is 528 g/mol. The number of nitrogens with one attached hydrogen (secondary N) is 1. The number of benzene rings is 2. The van der Waals surface area contributed by atoms with E-state index in [-0.39, 0.29) is 30.2 Å². The number of amides is 3. The topological polar surface area (TPSA) is 82.2 Å². The molecule has 2 atom stereocenters. The Morgan fingerprint density at radius 3 is 2.59 bits per heavy atom. The van der Waals surface area contributed by atoms with Crippen molar-refractivity contribution in [2.75, 3.05) is 39.8 Å². The van der Waals surface area contributed by atoms with E-state index >= 15 is 0 Å². The zero-order valence-electron chi connectivity index (χ0n) is 21.0. The smallest absolute Gasteiger partial charge is 0.338 e. The minimum absolute atomic E-state index is 0.0446. The molecule has 0 saturated carbocycles. The van der Waals surface area contributed by atoms with Crippen LogP contribution in [0, 0.1) is 5.82 Å². The fourth-order valence-electron chi connectivity index (χ4n) is 4.81. The van der Waals surface area contributed by atoms with E-state index in [4.69, 9.17) is 16.3 Å². The first-order chi connectivity index (χ1) is 17.7. The highest BCUT2D eigenvalue weighted by atomic mass is 35.5. The summed E-state index contributed by atoms with van der Waals surface area (Å²) in [7, 11) is 1.61. The Labute approximate surface area is 220 Å². The molecule has 0 bridgehead atoms. The largest absolute Gasteiger partial charge is 0.463 e. The average molecular weight is 529 g/mol. The summed E-state index contributed by atoms with van der Waals surface area (Å²) in [4.78, 5) is 44.2. The van der Waals surface area contributed by atoms with Gasteiger partial charge in [-0.05, 0) is 43.7 Å². The van der Waals surface area contributed by atoms with Gasteiger partial charge >= 0.3 is 12.0 Å². The lowest BCUT2D eigenvalue weighted by atomic mass is 9.94. The molecule has 4 rings (SSSR count). The molecule has 0 radical (unpaired) electrons. The lowest BCUT2D eigenvalue weighted by Gasteiger charge is -2.42. The fourth-order valence-corrected chi connectivity index (χ4v) is 5.01. The van der Waals surface area contributed by atoms with Gasteiger partial charge in [0.25, 0.3) is 5.91 Å². The summed E-state index contributed by atoms with van der Waals surface area (Å²) < 4.78 is 19.6. The highest BCUT2D eigenvalue weighted by Crippen LogP contribution is 2.33. The predicted molar refractivity (Wildman–Crippen MR) is 137 cm³/mol. The van der Waals surface area contributed by atoms with Crippen molar-refractivity contribution in [1.29, 1.82) is 0 Å². The van der Waals surface area contributed by atoms with Gasteiger partial charge in [-0.1, -0.05) is 35.9 Å². The van der Waals surface area contributed by atoms with Crippen molar-refractivity contribution in [3.63, 3.8) is 0 Å². The highest BCUT2D eigenvalue weighted by Gasteiger charge is 2.38. The number of hydrogen-bond acceptors (Lipinski definition) is 5. The SMILES string of the molecule is CCOC(=O)C1=C(CN2CCN(C(=O)c3ccccc3F)[C@@H](C)C2)N(C)C(=O)N[C@@H]1c1cccc(Cl)c1. The number of halogens is 2. The maximum Gasteiger partial charge on any atom is 0.338 e. The van der Waals surface area contributed by atoms with Crippen molar-refractivity contribution in [1.82, 2.24) is 20.0 Å². The molecule has 2 aliphatic heterocycles. The first kappa shape index (κ1) is 26.6. The zero-order chi connectivity index (χ0) is 26.7. The van der Waals surface area contributed by atoms with Crippen LogP contribution >= 0.6 is 11.6 Å². The molecule has 0 aromatic heterocycles. The van der Waals surface area contributed by atoms with Gasteiger partial charge in [-0.3, -0.25) is 14.6 Å². The molecular weight excluding hydrogens is 499 g/mol. The third-order valence-corrected chi connectivity index (χ3v) is 6.94. The standard InChI is InChI=1S/C27H30ClFN4O4/c1-4-37-26(35)23-22(31(3)27(36)30-24(23)18-8-7-9-19(28)14-18)16-32-12-13-33(17(2)15-32)25(34)20-10-5-6-11-21(20)29/h5-11,14,17,24H,4,12-13,15-16H2,1-3H3,(H,30,36)/t17-,24+/m0/s1. The Morgan fingerprint density at radius 1 is 1.16 bits per heavy atom. The molecule has 2 aromatic carbocycles. The lowest BCUT2D eigenvalue weighted by Crippen LogP contribution is -2.56. The second kappa shape index (κ2) is 11.3. The van der Waals surface area contributed by atoms with Gasteiger partial charge in [0.15, 0.2) is 0 Å². The summed E-state index contributed by atoms with van der Waals surface area (Å²) >= 11 is 6.20. The molecule has 0 spiro atoms. The van der Waals surface area contributed by atoms with E-state index in [1.807, 2.05) is 6.92 Å². The van der Waals surface area contributed by atoms with Crippen LogP contribution in [0.4, 0.5) is 9.18 Å². The summed E-state index contributed by atoms with van der Waals surface area (Å²) in [6, 6.07) is 11.7. The molecule has 2 aromatic rings. The fraction of sp³-hybridized carbons (Fsp3) is 0.370. The summed E-state index contributed by atoms with van der Waals surface area (Å²) in [6.07, 6.45) is 0. The molecule has 1 N–H and O–H groups in total. The number of nitrogens with zero attached hydrogens (tertiary/aromatic N) is 3. The maximum absolute atomic E-state index is 14.2. The minimum atomic E-state index is -0.724. The number of hydrogen-bond donors (Lipinski definition) is 1. The lowest BCUT2D eigenvalue weighted by molar-refractivity contribution is -0.139. The number of carbonyl (C=O) groups is 3. The Morgan fingerprint density at radius 2 is 1.92 bits per heavy atom. The zero-order valence-corrected chi connectivity index (χ0v) is 21.8. The van der Waals surface area contributed by atoms with Crippen LogP contribution in [0.25, 0.3) is 0 Å².